The van der Waals surface area contributed by atoms with Gasteiger partial charge < -0.3 is 4.90 Å². The van der Waals surface area contributed by atoms with Crippen LogP contribution in [0.15, 0.2) is 36.5 Å². The summed E-state index contributed by atoms with van der Waals surface area (Å²) < 4.78 is 24.6. The monoisotopic (exact) mass is 376 g/mol. The standard InChI is InChI=1S/C18H24N4O3S/c1-26(24,25)20-10-9-17(23)22-11-5-8-15(13-22)18-16(12-19-21-18)14-6-3-2-4-7-14/h2-4,6-7,12,15,20H,5,8-11,13H2,1H3,(H,19,21). The third-order valence-electron chi connectivity index (χ3n) is 4.64. The van der Waals surface area contributed by atoms with Gasteiger partial charge in [0.1, 0.15) is 0 Å². The third kappa shape index (κ3) is 4.70. The van der Waals surface area contributed by atoms with Gasteiger partial charge in [-0.25, -0.2) is 13.1 Å². The van der Waals surface area contributed by atoms with Gasteiger partial charge in [-0.3, -0.25) is 9.89 Å². The Morgan fingerprint density at radius 3 is 2.85 bits per heavy atom. The molecule has 0 saturated carbocycles. The Bertz CT molecular complexity index is 848. The van der Waals surface area contributed by atoms with Gasteiger partial charge in [-0.2, -0.15) is 5.10 Å². The molecule has 1 unspecified atom stereocenters. The van der Waals surface area contributed by atoms with Crippen molar-refractivity contribution < 1.29 is 13.2 Å². The third-order valence-corrected chi connectivity index (χ3v) is 5.37. The van der Waals surface area contributed by atoms with Crippen molar-refractivity contribution in [1.82, 2.24) is 19.8 Å². The normalized spacial score (nSPS) is 18.0. The molecule has 2 aromatic rings. The fraction of sp³-hybridized carbons (Fsp3) is 0.444. The summed E-state index contributed by atoms with van der Waals surface area (Å²) in [5.74, 6) is 0.180. The van der Waals surface area contributed by atoms with Crippen molar-refractivity contribution in [3.8, 4) is 11.1 Å². The van der Waals surface area contributed by atoms with E-state index in [1.807, 2.05) is 29.3 Å². The lowest BCUT2D eigenvalue weighted by atomic mass is 9.90. The summed E-state index contributed by atoms with van der Waals surface area (Å²) in [5.41, 5.74) is 3.24. The zero-order valence-corrected chi connectivity index (χ0v) is 15.6. The van der Waals surface area contributed by atoms with Crippen molar-refractivity contribution in [2.24, 2.45) is 0 Å². The highest BCUT2D eigenvalue weighted by Crippen LogP contribution is 2.33. The summed E-state index contributed by atoms with van der Waals surface area (Å²) in [7, 11) is -3.27. The second kappa shape index (κ2) is 8.01. The minimum absolute atomic E-state index is 0.0216. The summed E-state index contributed by atoms with van der Waals surface area (Å²) >= 11 is 0. The zero-order chi connectivity index (χ0) is 18.6. The van der Waals surface area contributed by atoms with E-state index < -0.39 is 10.0 Å². The average molecular weight is 376 g/mol. The quantitative estimate of drug-likeness (QED) is 0.802. The summed E-state index contributed by atoms with van der Waals surface area (Å²) in [6.45, 7) is 1.47. The van der Waals surface area contributed by atoms with E-state index in [-0.39, 0.29) is 24.8 Å². The number of aromatic nitrogens is 2. The van der Waals surface area contributed by atoms with Gasteiger partial charge in [0.15, 0.2) is 0 Å². The van der Waals surface area contributed by atoms with Crippen LogP contribution in [0.3, 0.4) is 0 Å². The number of amides is 1. The Balaban J connectivity index is 1.66. The van der Waals surface area contributed by atoms with Crippen molar-refractivity contribution >= 4 is 15.9 Å². The van der Waals surface area contributed by atoms with E-state index in [4.69, 9.17) is 0 Å². The van der Waals surface area contributed by atoms with E-state index in [0.29, 0.717) is 13.1 Å². The molecule has 1 fully saturated rings. The Kier molecular flexibility index (Phi) is 5.73. The van der Waals surface area contributed by atoms with E-state index in [2.05, 4.69) is 27.1 Å². The SMILES string of the molecule is CS(=O)(=O)NCCC(=O)N1CCCC(c2[nH]ncc2-c2ccccc2)C1. The van der Waals surface area contributed by atoms with Gasteiger partial charge in [0, 0.05) is 43.2 Å². The molecule has 0 bridgehead atoms. The number of sulfonamides is 1. The van der Waals surface area contributed by atoms with Crippen LogP contribution in [0, 0.1) is 0 Å². The molecule has 1 saturated heterocycles. The maximum absolute atomic E-state index is 12.4. The summed E-state index contributed by atoms with van der Waals surface area (Å²) in [6.07, 6.45) is 5.02. The smallest absolute Gasteiger partial charge is 0.223 e. The average Bonchev–Trinajstić information content (AvgIpc) is 3.11. The second-order valence-corrected chi connectivity index (χ2v) is 8.49. The molecule has 0 aliphatic carbocycles. The fourth-order valence-corrected chi connectivity index (χ4v) is 3.87. The van der Waals surface area contributed by atoms with Crippen LogP contribution < -0.4 is 4.72 Å². The maximum atomic E-state index is 12.4. The first-order valence-corrected chi connectivity index (χ1v) is 10.6. The number of nitrogens with zero attached hydrogens (tertiary/aromatic N) is 2. The number of carbonyl (C=O) groups is 1. The molecule has 0 radical (unpaired) electrons. The van der Waals surface area contributed by atoms with Crippen LogP contribution in [0.1, 0.15) is 30.9 Å². The molecule has 1 aromatic heterocycles. The molecule has 26 heavy (non-hydrogen) atoms. The van der Waals surface area contributed by atoms with Crippen LogP contribution in [0.25, 0.3) is 11.1 Å². The van der Waals surface area contributed by atoms with Crippen molar-refractivity contribution in [3.05, 3.63) is 42.2 Å². The Morgan fingerprint density at radius 2 is 2.12 bits per heavy atom. The number of aromatic amines is 1. The first-order chi connectivity index (χ1) is 12.4. The molecule has 7 nitrogen and oxygen atoms in total. The highest BCUT2D eigenvalue weighted by atomic mass is 32.2. The lowest BCUT2D eigenvalue weighted by Crippen LogP contribution is -2.40. The lowest BCUT2D eigenvalue weighted by molar-refractivity contribution is -0.132. The molecule has 3 rings (SSSR count). The van der Waals surface area contributed by atoms with Crippen LogP contribution in [0.4, 0.5) is 0 Å². The number of likely N-dealkylation sites (tertiary alicyclic amines) is 1. The minimum atomic E-state index is -3.27. The summed E-state index contributed by atoms with van der Waals surface area (Å²) in [4.78, 5) is 14.2. The molecular weight excluding hydrogens is 352 g/mol. The van der Waals surface area contributed by atoms with E-state index in [1.165, 1.54) is 0 Å². The van der Waals surface area contributed by atoms with Crippen molar-refractivity contribution in [2.75, 3.05) is 25.9 Å². The van der Waals surface area contributed by atoms with E-state index in [9.17, 15) is 13.2 Å². The van der Waals surface area contributed by atoms with Gasteiger partial charge in [0.2, 0.25) is 15.9 Å². The zero-order valence-electron chi connectivity index (χ0n) is 14.8. The lowest BCUT2D eigenvalue weighted by Gasteiger charge is -2.33. The molecule has 1 atom stereocenters. The highest BCUT2D eigenvalue weighted by molar-refractivity contribution is 7.88. The predicted molar refractivity (Wildman–Crippen MR) is 100 cm³/mol. The van der Waals surface area contributed by atoms with Crippen LogP contribution in [-0.4, -0.2) is 55.3 Å². The van der Waals surface area contributed by atoms with E-state index >= 15 is 0 Å². The van der Waals surface area contributed by atoms with Gasteiger partial charge >= 0.3 is 0 Å². The van der Waals surface area contributed by atoms with Crippen molar-refractivity contribution in [2.45, 2.75) is 25.2 Å². The van der Waals surface area contributed by atoms with Crippen molar-refractivity contribution in [1.29, 1.82) is 0 Å². The van der Waals surface area contributed by atoms with Gasteiger partial charge in [-0.1, -0.05) is 30.3 Å². The van der Waals surface area contributed by atoms with Gasteiger partial charge in [-0.05, 0) is 18.4 Å². The molecule has 2 N–H and O–H groups in total. The molecular formula is C18H24N4O3S. The number of carbonyl (C=O) groups excluding carboxylic acids is 1. The number of H-pyrrole nitrogens is 1. The van der Waals surface area contributed by atoms with Crippen molar-refractivity contribution in [3.63, 3.8) is 0 Å². The van der Waals surface area contributed by atoms with Crippen LogP contribution in [-0.2, 0) is 14.8 Å². The molecule has 2 heterocycles. The van der Waals surface area contributed by atoms with Gasteiger partial charge in [0.25, 0.3) is 0 Å². The van der Waals surface area contributed by atoms with Crippen LogP contribution in [0.2, 0.25) is 0 Å². The highest BCUT2D eigenvalue weighted by Gasteiger charge is 2.27. The summed E-state index contributed by atoms with van der Waals surface area (Å²) in [5, 5.41) is 7.33. The first kappa shape index (κ1) is 18.6. The molecule has 1 aromatic carbocycles. The van der Waals surface area contributed by atoms with Gasteiger partial charge in [0.05, 0.1) is 12.5 Å². The van der Waals surface area contributed by atoms with E-state index in [0.717, 1.165) is 35.9 Å². The Labute approximate surface area is 153 Å². The number of hydrogen-bond acceptors (Lipinski definition) is 4. The predicted octanol–water partition coefficient (Wildman–Crippen LogP) is 1.72. The molecule has 1 aliphatic heterocycles. The molecule has 140 valence electrons. The Morgan fingerprint density at radius 1 is 1.35 bits per heavy atom. The molecule has 8 heteroatoms. The number of nitrogens with one attached hydrogen (secondary N) is 2. The van der Waals surface area contributed by atoms with Crippen LogP contribution >= 0.6 is 0 Å². The molecule has 1 aliphatic rings. The summed E-state index contributed by atoms with van der Waals surface area (Å²) in [6, 6.07) is 10.1. The topological polar surface area (TPSA) is 95.2 Å². The molecule has 1 amide bonds. The second-order valence-electron chi connectivity index (χ2n) is 6.66. The number of benzene rings is 1. The first-order valence-electron chi connectivity index (χ1n) is 8.75. The number of piperidine rings is 1. The Hall–Kier alpha value is -2.19. The maximum Gasteiger partial charge on any atom is 0.223 e. The minimum Gasteiger partial charge on any atom is -0.342 e. The largest absolute Gasteiger partial charge is 0.342 e. The van der Waals surface area contributed by atoms with Crippen LogP contribution in [0.5, 0.6) is 0 Å². The molecule has 0 spiro atoms. The van der Waals surface area contributed by atoms with E-state index in [1.54, 1.807) is 0 Å². The van der Waals surface area contributed by atoms with Gasteiger partial charge in [-0.15, -0.1) is 0 Å². The fourth-order valence-electron chi connectivity index (χ4n) is 3.40. The number of hydrogen-bond donors (Lipinski definition) is 2. The number of rotatable bonds is 6.